The fourth-order valence-electron chi connectivity index (χ4n) is 1.84. The van der Waals surface area contributed by atoms with Gasteiger partial charge in [0.1, 0.15) is 11.6 Å². The normalized spacial score (nSPS) is 10.8. The van der Waals surface area contributed by atoms with Crippen molar-refractivity contribution >= 4 is 11.6 Å². The average Bonchev–Trinajstić information content (AvgIpc) is 2.91. The molecule has 0 saturated heterocycles. The molecule has 1 N–H and O–H groups in total. The molecule has 3 aromatic rings. The Morgan fingerprint density at radius 2 is 2.14 bits per heavy atom. The van der Waals surface area contributed by atoms with Gasteiger partial charge in [0, 0.05) is 17.6 Å². The highest BCUT2D eigenvalue weighted by atomic mass is 35.5. The van der Waals surface area contributed by atoms with Crippen LogP contribution in [-0.4, -0.2) is 20.2 Å². The molecule has 3 rings (SSSR count). The summed E-state index contributed by atoms with van der Waals surface area (Å²) in [4.78, 5) is 7.95. The van der Waals surface area contributed by atoms with Crippen molar-refractivity contribution in [1.82, 2.24) is 15.1 Å². The van der Waals surface area contributed by atoms with Crippen LogP contribution in [-0.2, 0) is 6.42 Å². The van der Waals surface area contributed by atoms with Gasteiger partial charge in [0.15, 0.2) is 5.82 Å². The monoisotopic (exact) mass is 305 g/mol. The maximum atomic E-state index is 13.0. The topological polar surface area (TPSA) is 72.0 Å². The number of aromatic hydroxyl groups is 1. The molecule has 2 aromatic heterocycles. The maximum absolute atomic E-state index is 13.0. The largest absolute Gasteiger partial charge is 0.505 e. The van der Waals surface area contributed by atoms with E-state index in [1.807, 2.05) is 0 Å². The quantitative estimate of drug-likeness (QED) is 0.804. The van der Waals surface area contributed by atoms with Crippen LogP contribution in [0.15, 0.2) is 41.2 Å². The van der Waals surface area contributed by atoms with Gasteiger partial charge >= 0.3 is 0 Å². The zero-order valence-corrected chi connectivity index (χ0v) is 11.4. The van der Waals surface area contributed by atoms with Gasteiger partial charge in [-0.1, -0.05) is 22.8 Å². The molecule has 0 spiro atoms. The van der Waals surface area contributed by atoms with Crippen molar-refractivity contribution in [3.8, 4) is 17.2 Å². The lowest BCUT2D eigenvalue weighted by molar-refractivity contribution is 0.418. The van der Waals surface area contributed by atoms with Gasteiger partial charge in [-0.05, 0) is 23.8 Å². The number of aromatic nitrogens is 3. The van der Waals surface area contributed by atoms with Crippen LogP contribution in [0.3, 0.4) is 0 Å². The highest BCUT2D eigenvalue weighted by Crippen LogP contribution is 2.27. The van der Waals surface area contributed by atoms with Gasteiger partial charge in [0.05, 0.1) is 11.8 Å². The Hall–Kier alpha value is -2.47. The van der Waals surface area contributed by atoms with E-state index >= 15 is 0 Å². The predicted molar refractivity (Wildman–Crippen MR) is 73.4 cm³/mol. The Bertz CT molecular complexity index is 791. The van der Waals surface area contributed by atoms with Gasteiger partial charge in [0.2, 0.25) is 0 Å². The third-order valence-electron chi connectivity index (χ3n) is 2.86. The zero-order chi connectivity index (χ0) is 14.8. The SMILES string of the molecule is Oc1cnccc1-c1nc(Cc2ccc(F)cc2Cl)no1. The molecule has 2 heterocycles. The number of nitrogens with zero attached hydrogens (tertiary/aromatic N) is 3. The van der Waals surface area contributed by atoms with Gasteiger partial charge < -0.3 is 9.63 Å². The predicted octanol–water partition coefficient (Wildman–Crippen LogP) is 3.22. The summed E-state index contributed by atoms with van der Waals surface area (Å²) >= 11 is 5.95. The number of rotatable bonds is 3. The van der Waals surface area contributed by atoms with E-state index in [9.17, 15) is 9.50 Å². The molecule has 21 heavy (non-hydrogen) atoms. The standard InChI is InChI=1S/C14H9ClFN3O2/c15-11-6-9(16)2-1-8(11)5-13-18-14(21-19-13)10-3-4-17-7-12(10)20/h1-4,6-7,20H,5H2. The number of hydrogen-bond acceptors (Lipinski definition) is 5. The van der Waals surface area contributed by atoms with E-state index in [1.54, 1.807) is 12.1 Å². The Morgan fingerprint density at radius 3 is 2.90 bits per heavy atom. The van der Waals surface area contributed by atoms with Crippen molar-refractivity contribution in [3.05, 3.63) is 58.9 Å². The number of halogens is 2. The van der Waals surface area contributed by atoms with Crippen molar-refractivity contribution in [2.75, 3.05) is 0 Å². The third kappa shape index (κ3) is 2.85. The fraction of sp³-hybridized carbons (Fsp3) is 0.0714. The Balaban J connectivity index is 1.87. The van der Waals surface area contributed by atoms with E-state index in [0.29, 0.717) is 28.4 Å². The Kier molecular flexibility index (Phi) is 3.53. The molecule has 0 bridgehead atoms. The van der Waals surface area contributed by atoms with E-state index in [2.05, 4.69) is 15.1 Å². The molecule has 106 valence electrons. The summed E-state index contributed by atoms with van der Waals surface area (Å²) in [5.41, 5.74) is 1.08. The first-order valence-corrected chi connectivity index (χ1v) is 6.41. The second-order valence-corrected chi connectivity index (χ2v) is 4.73. The third-order valence-corrected chi connectivity index (χ3v) is 3.21. The highest BCUT2D eigenvalue weighted by molar-refractivity contribution is 6.31. The minimum Gasteiger partial charge on any atom is -0.505 e. The van der Waals surface area contributed by atoms with Crippen LogP contribution in [0.2, 0.25) is 5.02 Å². The molecule has 7 heteroatoms. The van der Waals surface area contributed by atoms with E-state index in [0.717, 1.165) is 0 Å². The van der Waals surface area contributed by atoms with Crippen molar-refractivity contribution < 1.29 is 14.0 Å². The summed E-state index contributed by atoms with van der Waals surface area (Å²) in [6.45, 7) is 0. The van der Waals surface area contributed by atoms with Crippen LogP contribution in [0.4, 0.5) is 4.39 Å². The number of hydrogen-bond donors (Lipinski definition) is 1. The van der Waals surface area contributed by atoms with Crippen molar-refractivity contribution in [2.24, 2.45) is 0 Å². The summed E-state index contributed by atoms with van der Waals surface area (Å²) in [7, 11) is 0. The smallest absolute Gasteiger partial charge is 0.261 e. The Morgan fingerprint density at radius 1 is 1.29 bits per heavy atom. The first-order valence-electron chi connectivity index (χ1n) is 6.03. The molecule has 1 aromatic carbocycles. The molecule has 0 fully saturated rings. The molecule has 0 radical (unpaired) electrons. The second kappa shape index (κ2) is 5.49. The lowest BCUT2D eigenvalue weighted by atomic mass is 10.1. The van der Waals surface area contributed by atoms with E-state index in [4.69, 9.17) is 16.1 Å². The number of pyridine rings is 1. The van der Waals surface area contributed by atoms with Gasteiger partial charge in [-0.15, -0.1) is 0 Å². The van der Waals surface area contributed by atoms with E-state index < -0.39 is 5.82 Å². The number of benzene rings is 1. The van der Waals surface area contributed by atoms with Crippen molar-refractivity contribution in [1.29, 1.82) is 0 Å². The summed E-state index contributed by atoms with van der Waals surface area (Å²) in [5, 5.41) is 13.8. The van der Waals surface area contributed by atoms with Crippen LogP contribution in [0.25, 0.3) is 11.5 Å². The molecular formula is C14H9ClFN3O2. The van der Waals surface area contributed by atoms with Crippen LogP contribution in [0, 0.1) is 5.82 Å². The summed E-state index contributed by atoms with van der Waals surface area (Å²) < 4.78 is 18.1. The first-order chi connectivity index (χ1) is 10.1. The van der Waals surface area contributed by atoms with Gasteiger partial charge in [-0.25, -0.2) is 4.39 Å². The molecular weight excluding hydrogens is 297 g/mol. The van der Waals surface area contributed by atoms with Gasteiger partial charge in [-0.2, -0.15) is 4.98 Å². The van der Waals surface area contributed by atoms with E-state index in [1.165, 1.54) is 24.5 Å². The summed E-state index contributed by atoms with van der Waals surface area (Å²) in [5.74, 6) is 0.115. The van der Waals surface area contributed by atoms with Crippen molar-refractivity contribution in [3.63, 3.8) is 0 Å². The first kappa shape index (κ1) is 13.5. The molecule has 0 unspecified atom stereocenters. The molecule has 0 aliphatic heterocycles. The van der Waals surface area contributed by atoms with Crippen LogP contribution < -0.4 is 0 Å². The lowest BCUT2D eigenvalue weighted by Gasteiger charge is -2.00. The fourth-order valence-corrected chi connectivity index (χ4v) is 2.07. The maximum Gasteiger partial charge on any atom is 0.261 e. The molecule has 0 amide bonds. The Labute approximate surface area is 124 Å². The van der Waals surface area contributed by atoms with Crippen LogP contribution in [0.5, 0.6) is 5.75 Å². The van der Waals surface area contributed by atoms with Gasteiger partial charge in [-0.3, -0.25) is 4.98 Å². The van der Waals surface area contributed by atoms with Crippen LogP contribution >= 0.6 is 11.6 Å². The minimum atomic E-state index is -0.403. The molecule has 5 nitrogen and oxygen atoms in total. The van der Waals surface area contributed by atoms with Crippen LogP contribution in [0.1, 0.15) is 11.4 Å². The summed E-state index contributed by atoms with van der Waals surface area (Å²) in [6.07, 6.45) is 3.10. The molecule has 0 atom stereocenters. The highest BCUT2D eigenvalue weighted by Gasteiger charge is 2.14. The zero-order valence-electron chi connectivity index (χ0n) is 10.6. The van der Waals surface area contributed by atoms with E-state index in [-0.39, 0.29) is 11.6 Å². The van der Waals surface area contributed by atoms with Crippen molar-refractivity contribution in [2.45, 2.75) is 6.42 Å². The lowest BCUT2D eigenvalue weighted by Crippen LogP contribution is -1.92. The molecule has 0 aliphatic carbocycles. The van der Waals surface area contributed by atoms with Gasteiger partial charge in [0.25, 0.3) is 5.89 Å². The minimum absolute atomic E-state index is 0.0486. The summed E-state index contributed by atoms with van der Waals surface area (Å²) in [6, 6.07) is 5.68. The average molecular weight is 306 g/mol. The molecule has 0 saturated carbocycles. The molecule has 0 aliphatic rings. The second-order valence-electron chi connectivity index (χ2n) is 4.32.